The van der Waals surface area contributed by atoms with Gasteiger partial charge in [0.1, 0.15) is 5.82 Å². The van der Waals surface area contributed by atoms with E-state index in [1.54, 1.807) is 41.2 Å². The molecule has 0 unspecified atom stereocenters. The highest BCUT2D eigenvalue weighted by Gasteiger charge is 2.28. The van der Waals surface area contributed by atoms with E-state index in [1.807, 2.05) is 18.2 Å². The van der Waals surface area contributed by atoms with Crippen LogP contribution in [0, 0.1) is 0 Å². The second-order valence-corrected chi connectivity index (χ2v) is 10.4. The standard InChI is InChI=1S/C27H25N7O4S.H2O/c1-2-13-30-26-21(4-3-14-31-26)27(36)32-17-7-5-16-6-12-20-23(25(28)35)33-34(24(20)22(16)15-17)18-8-10-19(11-9-18)39(29,37)38;/h2-5,7-11,14-15H,1,6,12-13H2,(H2,28,35)(H,30,31)(H,32,36)(H2,29,37,38);1H2. The fraction of sp³-hybridized carbons (Fsp3) is 0.111. The van der Waals surface area contributed by atoms with Crippen LogP contribution >= 0.6 is 0 Å². The molecule has 0 radical (unpaired) electrons. The summed E-state index contributed by atoms with van der Waals surface area (Å²) >= 11 is 0. The number of rotatable bonds is 8. The molecule has 2 heterocycles. The topological polar surface area (TPSA) is 207 Å². The molecule has 0 saturated heterocycles. The number of hydrogen-bond acceptors (Lipinski definition) is 7. The van der Waals surface area contributed by atoms with Crippen LogP contribution in [0.15, 0.2) is 78.3 Å². The van der Waals surface area contributed by atoms with Crippen molar-refractivity contribution in [3.05, 3.63) is 95.8 Å². The number of amides is 2. The van der Waals surface area contributed by atoms with Crippen LogP contribution in [0.1, 0.15) is 32.0 Å². The lowest BCUT2D eigenvalue weighted by Gasteiger charge is -2.20. The minimum atomic E-state index is -3.88. The molecule has 0 fully saturated rings. The van der Waals surface area contributed by atoms with Crippen LogP contribution in [0.3, 0.4) is 0 Å². The maximum atomic E-state index is 13.2. The van der Waals surface area contributed by atoms with Gasteiger partial charge in [0, 0.05) is 29.6 Å². The quantitative estimate of drug-likeness (QED) is 0.234. The first-order valence-corrected chi connectivity index (χ1v) is 13.5. The third-order valence-electron chi connectivity index (χ3n) is 6.36. The van der Waals surface area contributed by atoms with Crippen LogP contribution in [-0.2, 0) is 22.9 Å². The second-order valence-electron chi connectivity index (χ2n) is 8.89. The van der Waals surface area contributed by atoms with Crippen molar-refractivity contribution in [3.63, 3.8) is 0 Å². The van der Waals surface area contributed by atoms with E-state index in [0.29, 0.717) is 53.4 Å². The van der Waals surface area contributed by atoms with Gasteiger partial charge in [-0.3, -0.25) is 9.59 Å². The highest BCUT2D eigenvalue weighted by Crippen LogP contribution is 2.38. The molecule has 206 valence electrons. The van der Waals surface area contributed by atoms with Crippen molar-refractivity contribution < 1.29 is 23.5 Å². The van der Waals surface area contributed by atoms with Crippen molar-refractivity contribution in [1.29, 1.82) is 0 Å². The lowest BCUT2D eigenvalue weighted by Crippen LogP contribution is -2.17. The largest absolute Gasteiger partial charge is 0.412 e. The number of carbonyl (C=O) groups excluding carboxylic acids is 2. The number of primary sulfonamides is 1. The van der Waals surface area contributed by atoms with Gasteiger partial charge in [-0.05, 0) is 66.9 Å². The molecule has 13 heteroatoms. The zero-order valence-corrected chi connectivity index (χ0v) is 22.0. The SMILES string of the molecule is C=CCNc1ncccc1C(=O)Nc1ccc2c(c1)-c1c(c(C(N)=O)nn1-c1ccc(S(N)(=O)=O)cc1)CC2.O. The highest BCUT2D eigenvalue weighted by atomic mass is 32.2. The smallest absolute Gasteiger partial charge is 0.269 e. The Morgan fingerprint density at radius 2 is 1.85 bits per heavy atom. The van der Waals surface area contributed by atoms with E-state index >= 15 is 0 Å². The number of nitrogens with one attached hydrogen (secondary N) is 2. The summed E-state index contributed by atoms with van der Waals surface area (Å²) in [5.41, 5.74) is 10.3. The molecule has 5 rings (SSSR count). The second kappa shape index (κ2) is 11.1. The van der Waals surface area contributed by atoms with Gasteiger partial charge in [0.05, 0.1) is 21.8 Å². The molecule has 2 amide bonds. The Hall–Kier alpha value is -4.85. The summed E-state index contributed by atoms with van der Waals surface area (Å²) in [6.07, 6.45) is 4.44. The number of pyridine rings is 1. The number of carbonyl (C=O) groups is 2. The van der Waals surface area contributed by atoms with E-state index in [1.165, 1.54) is 12.1 Å². The van der Waals surface area contributed by atoms with Crippen LogP contribution in [0.25, 0.3) is 16.9 Å². The average molecular weight is 562 g/mol. The number of aromatic nitrogens is 3. The van der Waals surface area contributed by atoms with Crippen LogP contribution < -0.4 is 21.5 Å². The van der Waals surface area contributed by atoms with Gasteiger partial charge in [-0.2, -0.15) is 5.10 Å². The van der Waals surface area contributed by atoms with E-state index in [9.17, 15) is 18.0 Å². The van der Waals surface area contributed by atoms with E-state index in [-0.39, 0.29) is 22.0 Å². The lowest BCUT2D eigenvalue weighted by atomic mass is 9.88. The number of anilines is 2. The van der Waals surface area contributed by atoms with Gasteiger partial charge in [0.15, 0.2) is 5.69 Å². The minimum Gasteiger partial charge on any atom is -0.412 e. The summed E-state index contributed by atoms with van der Waals surface area (Å²) in [5.74, 6) is -0.590. The number of aryl methyl sites for hydroxylation is 1. The molecule has 2 aromatic carbocycles. The number of hydrogen-bond donors (Lipinski definition) is 4. The zero-order chi connectivity index (χ0) is 27.7. The molecule has 0 spiro atoms. The Morgan fingerprint density at radius 3 is 2.52 bits per heavy atom. The Balaban J connectivity index is 0.00000370. The highest BCUT2D eigenvalue weighted by molar-refractivity contribution is 7.89. The number of nitrogens with two attached hydrogens (primary N) is 2. The van der Waals surface area contributed by atoms with Crippen LogP contribution in [0.5, 0.6) is 0 Å². The molecule has 8 N–H and O–H groups in total. The Kier molecular flexibility index (Phi) is 7.81. The summed E-state index contributed by atoms with van der Waals surface area (Å²) in [6, 6.07) is 14.7. The van der Waals surface area contributed by atoms with Gasteiger partial charge in [0.2, 0.25) is 10.0 Å². The number of primary amides is 1. The molecule has 1 aliphatic rings. The number of benzene rings is 2. The molecule has 1 aliphatic carbocycles. The fourth-order valence-electron chi connectivity index (χ4n) is 4.57. The third-order valence-corrected chi connectivity index (χ3v) is 7.29. The molecule has 0 bridgehead atoms. The molecule has 2 aromatic heterocycles. The van der Waals surface area contributed by atoms with Crippen molar-refractivity contribution in [2.75, 3.05) is 17.2 Å². The molecule has 0 saturated carbocycles. The van der Waals surface area contributed by atoms with Gasteiger partial charge in [-0.25, -0.2) is 23.2 Å². The maximum absolute atomic E-state index is 13.2. The van der Waals surface area contributed by atoms with Gasteiger partial charge in [-0.1, -0.05) is 12.1 Å². The zero-order valence-electron chi connectivity index (χ0n) is 21.2. The minimum absolute atomic E-state index is 0. The first kappa shape index (κ1) is 28.2. The van der Waals surface area contributed by atoms with E-state index in [2.05, 4.69) is 27.3 Å². The predicted octanol–water partition coefficient (Wildman–Crippen LogP) is 1.80. The Morgan fingerprint density at radius 1 is 1.10 bits per heavy atom. The monoisotopic (exact) mass is 561 g/mol. The molecular weight excluding hydrogens is 534 g/mol. The third kappa shape index (κ3) is 5.33. The van der Waals surface area contributed by atoms with Crippen molar-refractivity contribution >= 4 is 33.3 Å². The van der Waals surface area contributed by atoms with Crippen LogP contribution in [0.4, 0.5) is 11.5 Å². The molecule has 0 aliphatic heterocycles. The van der Waals surface area contributed by atoms with Crippen LogP contribution in [-0.4, -0.2) is 47.0 Å². The summed E-state index contributed by atoms with van der Waals surface area (Å²) in [6.45, 7) is 4.12. The van der Waals surface area contributed by atoms with Gasteiger partial charge in [0.25, 0.3) is 11.8 Å². The first-order chi connectivity index (χ1) is 18.7. The van der Waals surface area contributed by atoms with Gasteiger partial charge < -0.3 is 21.8 Å². The lowest BCUT2D eigenvalue weighted by molar-refractivity contribution is 0.0992. The molecule has 12 nitrogen and oxygen atoms in total. The van der Waals surface area contributed by atoms with E-state index < -0.39 is 15.9 Å². The molecule has 0 atom stereocenters. The normalized spacial score (nSPS) is 11.9. The molecule has 40 heavy (non-hydrogen) atoms. The first-order valence-electron chi connectivity index (χ1n) is 12.0. The number of fused-ring (bicyclic) bond motifs is 3. The average Bonchev–Trinajstić information content (AvgIpc) is 3.32. The summed E-state index contributed by atoms with van der Waals surface area (Å²) < 4.78 is 25.0. The number of sulfonamides is 1. The van der Waals surface area contributed by atoms with Gasteiger partial charge >= 0.3 is 0 Å². The molecule has 4 aromatic rings. The fourth-order valence-corrected chi connectivity index (χ4v) is 5.09. The van der Waals surface area contributed by atoms with Crippen molar-refractivity contribution in [2.24, 2.45) is 10.9 Å². The van der Waals surface area contributed by atoms with E-state index in [4.69, 9.17) is 10.9 Å². The van der Waals surface area contributed by atoms with Crippen molar-refractivity contribution in [1.82, 2.24) is 14.8 Å². The van der Waals surface area contributed by atoms with Crippen molar-refractivity contribution in [3.8, 4) is 16.9 Å². The maximum Gasteiger partial charge on any atom is 0.269 e. The Labute approximate surface area is 230 Å². The summed E-state index contributed by atoms with van der Waals surface area (Å²) in [5, 5.41) is 15.7. The van der Waals surface area contributed by atoms with Crippen LogP contribution in [0.2, 0.25) is 0 Å². The Bertz CT molecular complexity index is 1730. The number of nitrogens with zero attached hydrogens (tertiary/aromatic N) is 3. The van der Waals surface area contributed by atoms with E-state index in [0.717, 1.165) is 11.1 Å². The molecular formula is C27H27N7O5S. The summed E-state index contributed by atoms with van der Waals surface area (Å²) in [4.78, 5) is 29.6. The van der Waals surface area contributed by atoms with Gasteiger partial charge in [-0.15, -0.1) is 6.58 Å². The van der Waals surface area contributed by atoms with Crippen molar-refractivity contribution in [2.45, 2.75) is 17.7 Å². The predicted molar refractivity (Wildman–Crippen MR) is 151 cm³/mol. The summed E-state index contributed by atoms with van der Waals surface area (Å²) in [7, 11) is -3.88.